The number of aliphatic carboxylic acids is 1. The summed E-state index contributed by atoms with van der Waals surface area (Å²) in [5, 5.41) is 11.9. The van der Waals surface area contributed by atoms with Crippen molar-refractivity contribution in [2.24, 2.45) is 5.92 Å². The largest absolute Gasteiger partial charge is 0.481 e. The molecule has 2 aromatic rings. The molecule has 2 amide bonds. The molecular weight excluding hydrogens is 448 g/mol. The summed E-state index contributed by atoms with van der Waals surface area (Å²) in [5.74, 6) is -1.36. The maximum Gasteiger partial charge on any atom is 0.407 e. The van der Waals surface area contributed by atoms with Gasteiger partial charge in [-0.2, -0.15) is 0 Å². The first-order chi connectivity index (χ1) is 16.9. The SMILES string of the molecule is COC(CNC(=O)OCC1c2ccccc2-c2ccccc21)CC(=O)N1CC[C@H](C(=O)O)C[C@@H]1C. The summed E-state index contributed by atoms with van der Waals surface area (Å²) in [6.45, 7) is 2.63. The summed E-state index contributed by atoms with van der Waals surface area (Å²) in [6.07, 6.45) is -0.0793. The van der Waals surface area contributed by atoms with Crippen LogP contribution in [0, 0.1) is 5.92 Å². The highest BCUT2D eigenvalue weighted by Crippen LogP contribution is 2.44. The minimum absolute atomic E-state index is 0.0248. The average molecular weight is 481 g/mol. The van der Waals surface area contributed by atoms with E-state index in [0.717, 1.165) is 22.3 Å². The number of nitrogens with one attached hydrogen (secondary N) is 1. The number of methoxy groups -OCH3 is 1. The predicted octanol–water partition coefficient (Wildman–Crippen LogP) is 3.64. The van der Waals surface area contributed by atoms with Crippen LogP contribution in [-0.4, -0.2) is 66.9 Å². The van der Waals surface area contributed by atoms with Gasteiger partial charge in [0.1, 0.15) is 6.61 Å². The quantitative estimate of drug-likeness (QED) is 0.598. The van der Waals surface area contributed by atoms with E-state index in [2.05, 4.69) is 29.6 Å². The third kappa shape index (κ3) is 5.48. The van der Waals surface area contributed by atoms with Crippen LogP contribution < -0.4 is 5.32 Å². The summed E-state index contributed by atoms with van der Waals surface area (Å²) in [6, 6.07) is 16.1. The maximum atomic E-state index is 12.8. The summed E-state index contributed by atoms with van der Waals surface area (Å²) in [4.78, 5) is 38.2. The molecule has 0 radical (unpaired) electrons. The normalized spacial score (nSPS) is 20.0. The zero-order valence-electron chi connectivity index (χ0n) is 20.1. The molecule has 186 valence electrons. The van der Waals surface area contributed by atoms with Gasteiger partial charge in [-0.3, -0.25) is 9.59 Å². The number of hydrogen-bond donors (Lipinski definition) is 2. The summed E-state index contributed by atoms with van der Waals surface area (Å²) < 4.78 is 11.0. The average Bonchev–Trinajstić information content (AvgIpc) is 3.18. The van der Waals surface area contributed by atoms with Gasteiger partial charge in [-0.1, -0.05) is 48.5 Å². The lowest BCUT2D eigenvalue weighted by Crippen LogP contribution is -2.47. The Hall–Kier alpha value is -3.39. The van der Waals surface area contributed by atoms with E-state index >= 15 is 0 Å². The van der Waals surface area contributed by atoms with E-state index in [1.165, 1.54) is 7.11 Å². The number of benzene rings is 2. The van der Waals surface area contributed by atoms with E-state index in [0.29, 0.717) is 19.4 Å². The van der Waals surface area contributed by atoms with Gasteiger partial charge in [0, 0.05) is 32.2 Å². The fraction of sp³-hybridized carbons (Fsp3) is 0.444. The first kappa shape index (κ1) is 24.7. The first-order valence-electron chi connectivity index (χ1n) is 12.0. The molecule has 2 aromatic carbocycles. The monoisotopic (exact) mass is 480 g/mol. The number of likely N-dealkylation sites (tertiary alicyclic amines) is 1. The molecule has 8 nitrogen and oxygen atoms in total. The van der Waals surface area contributed by atoms with Crippen molar-refractivity contribution >= 4 is 18.0 Å². The molecule has 1 heterocycles. The highest BCUT2D eigenvalue weighted by molar-refractivity contribution is 5.79. The smallest absolute Gasteiger partial charge is 0.407 e. The van der Waals surface area contributed by atoms with Gasteiger partial charge in [0.2, 0.25) is 5.91 Å². The van der Waals surface area contributed by atoms with Crippen molar-refractivity contribution in [1.82, 2.24) is 10.2 Å². The predicted molar refractivity (Wildman–Crippen MR) is 130 cm³/mol. The van der Waals surface area contributed by atoms with Crippen LogP contribution in [0.2, 0.25) is 0 Å². The van der Waals surface area contributed by atoms with Crippen LogP contribution in [0.25, 0.3) is 11.1 Å². The number of carboxylic acids is 1. The number of carbonyl (C=O) groups excluding carboxylic acids is 2. The van der Waals surface area contributed by atoms with Crippen LogP contribution in [-0.2, 0) is 19.1 Å². The number of piperidine rings is 1. The van der Waals surface area contributed by atoms with Gasteiger partial charge in [-0.15, -0.1) is 0 Å². The van der Waals surface area contributed by atoms with Gasteiger partial charge in [0.25, 0.3) is 0 Å². The lowest BCUT2D eigenvalue weighted by Gasteiger charge is -2.37. The molecule has 1 unspecified atom stereocenters. The number of nitrogens with zero attached hydrogens (tertiary/aromatic N) is 1. The lowest BCUT2D eigenvalue weighted by molar-refractivity contribution is -0.148. The van der Waals surface area contributed by atoms with Crippen molar-refractivity contribution in [1.29, 1.82) is 0 Å². The zero-order valence-corrected chi connectivity index (χ0v) is 20.1. The Kier molecular flexibility index (Phi) is 7.70. The lowest BCUT2D eigenvalue weighted by atomic mass is 9.91. The van der Waals surface area contributed by atoms with Gasteiger partial charge >= 0.3 is 12.1 Å². The Morgan fingerprint density at radius 2 is 1.71 bits per heavy atom. The minimum Gasteiger partial charge on any atom is -0.481 e. The third-order valence-electron chi connectivity index (χ3n) is 7.10. The highest BCUT2D eigenvalue weighted by atomic mass is 16.5. The van der Waals surface area contributed by atoms with E-state index in [1.807, 2.05) is 31.2 Å². The van der Waals surface area contributed by atoms with Crippen molar-refractivity contribution in [3.05, 3.63) is 59.7 Å². The van der Waals surface area contributed by atoms with E-state index in [9.17, 15) is 19.5 Å². The van der Waals surface area contributed by atoms with E-state index in [1.54, 1.807) is 4.90 Å². The number of carboxylic acid groups (broad SMARTS) is 1. The van der Waals surface area contributed by atoms with Crippen molar-refractivity contribution in [3.63, 3.8) is 0 Å². The maximum absolute atomic E-state index is 12.8. The summed E-state index contributed by atoms with van der Waals surface area (Å²) in [7, 11) is 1.50. The zero-order chi connectivity index (χ0) is 24.9. The second kappa shape index (κ2) is 10.9. The summed E-state index contributed by atoms with van der Waals surface area (Å²) in [5.41, 5.74) is 4.61. The molecule has 1 aliphatic heterocycles. The van der Waals surface area contributed by atoms with E-state index in [4.69, 9.17) is 9.47 Å². The summed E-state index contributed by atoms with van der Waals surface area (Å²) >= 11 is 0. The number of amides is 2. The number of hydrogen-bond acceptors (Lipinski definition) is 5. The Morgan fingerprint density at radius 3 is 2.29 bits per heavy atom. The fourth-order valence-corrected chi connectivity index (χ4v) is 5.16. The van der Waals surface area contributed by atoms with Gasteiger partial charge in [-0.25, -0.2) is 4.79 Å². The van der Waals surface area contributed by atoms with Crippen molar-refractivity contribution < 1.29 is 29.0 Å². The van der Waals surface area contributed by atoms with Crippen LogP contribution in [0.4, 0.5) is 4.79 Å². The van der Waals surface area contributed by atoms with Crippen LogP contribution in [0.3, 0.4) is 0 Å². The molecule has 2 aliphatic rings. The molecule has 35 heavy (non-hydrogen) atoms. The topological polar surface area (TPSA) is 105 Å². The van der Waals surface area contributed by atoms with Crippen LogP contribution >= 0.6 is 0 Å². The molecule has 1 fully saturated rings. The number of alkyl carbamates (subject to hydrolysis) is 1. The minimum atomic E-state index is -0.814. The molecule has 0 bridgehead atoms. The van der Waals surface area contributed by atoms with E-state index in [-0.39, 0.29) is 37.4 Å². The molecule has 0 spiro atoms. The van der Waals surface area contributed by atoms with Crippen molar-refractivity contribution in [2.45, 2.75) is 44.2 Å². The molecule has 2 N–H and O–H groups in total. The van der Waals surface area contributed by atoms with Gasteiger partial charge in [0.15, 0.2) is 0 Å². The number of ether oxygens (including phenoxy) is 2. The number of carbonyl (C=O) groups is 3. The van der Waals surface area contributed by atoms with Crippen molar-refractivity contribution in [2.75, 3.05) is 26.8 Å². The molecular formula is C27H32N2O6. The molecule has 8 heteroatoms. The van der Waals surface area contributed by atoms with Crippen molar-refractivity contribution in [3.8, 4) is 11.1 Å². The van der Waals surface area contributed by atoms with E-state index < -0.39 is 24.1 Å². The molecule has 0 aromatic heterocycles. The third-order valence-corrected chi connectivity index (χ3v) is 7.10. The number of rotatable bonds is 8. The van der Waals surface area contributed by atoms with Crippen LogP contribution in [0.5, 0.6) is 0 Å². The second-order valence-electron chi connectivity index (χ2n) is 9.26. The fourth-order valence-electron chi connectivity index (χ4n) is 5.16. The van der Waals surface area contributed by atoms with Crippen LogP contribution in [0.1, 0.15) is 43.2 Å². The molecule has 0 saturated carbocycles. The first-order valence-corrected chi connectivity index (χ1v) is 12.0. The van der Waals surface area contributed by atoms with Crippen LogP contribution in [0.15, 0.2) is 48.5 Å². The Labute approximate surface area is 205 Å². The molecule has 4 rings (SSSR count). The highest BCUT2D eigenvalue weighted by Gasteiger charge is 2.33. The Morgan fingerprint density at radius 1 is 1.09 bits per heavy atom. The van der Waals surface area contributed by atoms with Gasteiger partial charge < -0.3 is 24.8 Å². The Balaban J connectivity index is 1.27. The van der Waals surface area contributed by atoms with Gasteiger partial charge in [-0.05, 0) is 42.0 Å². The standard InChI is InChI=1S/C27H32N2O6/c1-17-13-18(26(31)32)11-12-29(17)25(30)14-19(34-2)15-28-27(33)35-16-24-22-9-5-3-7-20(22)21-8-4-6-10-23(21)24/h3-10,17-19,24H,11-16H2,1-2H3,(H,28,33)(H,31,32)/t17-,18-,19?/m0/s1. The second-order valence-corrected chi connectivity index (χ2v) is 9.26. The number of fused-ring (bicyclic) bond motifs is 3. The molecule has 1 aliphatic carbocycles. The molecule has 3 atom stereocenters. The molecule has 1 saturated heterocycles. The van der Waals surface area contributed by atoms with Gasteiger partial charge in [0.05, 0.1) is 18.4 Å². The Bertz CT molecular complexity index is 1040.